The van der Waals surface area contributed by atoms with Crippen LogP contribution in [0.1, 0.15) is 0 Å². The summed E-state index contributed by atoms with van der Waals surface area (Å²) in [6.45, 7) is 0.562. The van der Waals surface area contributed by atoms with Crippen LogP contribution in [0.5, 0.6) is 0 Å². The average Bonchev–Trinajstić information content (AvgIpc) is 2.94. The molecule has 0 spiro atoms. The van der Waals surface area contributed by atoms with E-state index in [1.807, 2.05) is 24.3 Å². The summed E-state index contributed by atoms with van der Waals surface area (Å²) in [4.78, 5) is 0. The summed E-state index contributed by atoms with van der Waals surface area (Å²) in [5.74, 6) is 0. The lowest BCUT2D eigenvalue weighted by atomic mass is 10.3. The van der Waals surface area contributed by atoms with Crippen LogP contribution in [-0.4, -0.2) is 47.3 Å². The fraction of sp³-hybridized carbons (Fsp3) is 0.364. The molecule has 0 radical (unpaired) electrons. The first-order valence-electron chi connectivity index (χ1n) is 5.46. The van der Waals surface area contributed by atoms with Gasteiger partial charge in [0, 0.05) is 19.9 Å². The molecule has 2 aromatic rings. The number of aromatic nitrogens is 4. The van der Waals surface area contributed by atoms with Crippen molar-refractivity contribution >= 4 is 5.69 Å². The van der Waals surface area contributed by atoms with Crippen LogP contribution >= 0.6 is 0 Å². The second-order valence-corrected chi connectivity index (χ2v) is 3.59. The number of nitrogens with one attached hydrogen (secondary N) is 1. The van der Waals surface area contributed by atoms with E-state index in [1.54, 1.807) is 25.2 Å². The Labute approximate surface area is 105 Å². The summed E-state index contributed by atoms with van der Waals surface area (Å²) in [6, 6.07) is 7.74. The maximum absolute atomic E-state index is 5.10. The van der Waals surface area contributed by atoms with Crippen molar-refractivity contribution in [1.82, 2.24) is 20.2 Å². The first-order valence-corrected chi connectivity index (χ1v) is 5.46. The summed E-state index contributed by atoms with van der Waals surface area (Å²) in [5, 5.41) is 14.3. The van der Waals surface area contributed by atoms with Crippen molar-refractivity contribution in [3.8, 4) is 5.69 Å². The molecule has 0 amide bonds. The van der Waals surface area contributed by atoms with E-state index in [0.717, 1.165) is 11.4 Å². The topological polar surface area (TPSA) is 74.1 Å². The van der Waals surface area contributed by atoms with Gasteiger partial charge in [0.1, 0.15) is 6.33 Å². The van der Waals surface area contributed by atoms with Crippen molar-refractivity contribution in [1.29, 1.82) is 0 Å². The van der Waals surface area contributed by atoms with Crippen LogP contribution in [-0.2, 0) is 9.47 Å². The molecule has 0 bridgehead atoms. The zero-order valence-electron chi connectivity index (χ0n) is 10.3. The Hall–Kier alpha value is -1.99. The Morgan fingerprint density at radius 1 is 1.33 bits per heavy atom. The van der Waals surface area contributed by atoms with Gasteiger partial charge in [-0.3, -0.25) is 0 Å². The summed E-state index contributed by atoms with van der Waals surface area (Å²) >= 11 is 0. The number of hydrogen-bond acceptors (Lipinski definition) is 6. The first-order chi connectivity index (χ1) is 8.83. The van der Waals surface area contributed by atoms with Gasteiger partial charge in [0.05, 0.1) is 12.2 Å². The Bertz CT molecular complexity index is 470. The van der Waals surface area contributed by atoms with E-state index >= 15 is 0 Å². The molecule has 96 valence electrons. The van der Waals surface area contributed by atoms with Crippen molar-refractivity contribution in [3.63, 3.8) is 0 Å². The number of methoxy groups -OCH3 is 2. The molecule has 7 nitrogen and oxygen atoms in total. The molecule has 0 saturated heterocycles. The van der Waals surface area contributed by atoms with Crippen LogP contribution in [0.4, 0.5) is 5.69 Å². The van der Waals surface area contributed by atoms with E-state index in [4.69, 9.17) is 9.47 Å². The van der Waals surface area contributed by atoms with Gasteiger partial charge in [-0.2, -0.15) is 0 Å². The van der Waals surface area contributed by atoms with Gasteiger partial charge in [-0.05, 0) is 28.6 Å². The monoisotopic (exact) mass is 249 g/mol. The molecule has 1 heterocycles. The van der Waals surface area contributed by atoms with Gasteiger partial charge in [-0.1, -0.05) is 6.07 Å². The third-order valence-corrected chi connectivity index (χ3v) is 2.46. The van der Waals surface area contributed by atoms with Gasteiger partial charge < -0.3 is 14.8 Å². The highest BCUT2D eigenvalue weighted by molar-refractivity contribution is 5.50. The third-order valence-electron chi connectivity index (χ3n) is 2.46. The van der Waals surface area contributed by atoms with Crippen LogP contribution in [0.15, 0.2) is 30.6 Å². The molecule has 0 atom stereocenters. The van der Waals surface area contributed by atoms with Gasteiger partial charge in [0.2, 0.25) is 0 Å². The summed E-state index contributed by atoms with van der Waals surface area (Å²) in [6.07, 6.45) is 1.27. The van der Waals surface area contributed by atoms with Gasteiger partial charge in [0.15, 0.2) is 6.29 Å². The molecular formula is C11H15N5O2. The molecule has 0 aliphatic rings. The van der Waals surface area contributed by atoms with E-state index in [0.29, 0.717) is 6.54 Å². The fourth-order valence-corrected chi connectivity index (χ4v) is 1.50. The van der Waals surface area contributed by atoms with Gasteiger partial charge in [0.25, 0.3) is 0 Å². The second-order valence-electron chi connectivity index (χ2n) is 3.59. The molecule has 0 unspecified atom stereocenters. The zero-order valence-corrected chi connectivity index (χ0v) is 10.3. The van der Waals surface area contributed by atoms with Crippen molar-refractivity contribution in [2.24, 2.45) is 0 Å². The smallest absolute Gasteiger partial charge is 0.173 e. The van der Waals surface area contributed by atoms with Gasteiger partial charge >= 0.3 is 0 Å². The van der Waals surface area contributed by atoms with Crippen LogP contribution in [0, 0.1) is 0 Å². The Morgan fingerprint density at radius 3 is 2.83 bits per heavy atom. The highest BCUT2D eigenvalue weighted by Crippen LogP contribution is 2.13. The average molecular weight is 249 g/mol. The minimum absolute atomic E-state index is 0.276. The quantitative estimate of drug-likeness (QED) is 0.759. The number of anilines is 1. The minimum Gasteiger partial charge on any atom is -0.380 e. The number of ether oxygens (including phenoxy) is 2. The molecule has 0 saturated carbocycles. The van der Waals surface area contributed by atoms with E-state index in [9.17, 15) is 0 Å². The predicted molar refractivity (Wildman–Crippen MR) is 65.4 cm³/mol. The van der Waals surface area contributed by atoms with Gasteiger partial charge in [-0.15, -0.1) is 5.10 Å². The maximum atomic E-state index is 5.10. The van der Waals surface area contributed by atoms with Crippen LogP contribution in [0.3, 0.4) is 0 Å². The van der Waals surface area contributed by atoms with E-state index < -0.39 is 0 Å². The van der Waals surface area contributed by atoms with Crippen molar-refractivity contribution in [3.05, 3.63) is 30.6 Å². The van der Waals surface area contributed by atoms with Crippen molar-refractivity contribution in [2.45, 2.75) is 6.29 Å². The van der Waals surface area contributed by atoms with E-state index in [2.05, 4.69) is 20.8 Å². The molecule has 2 rings (SSSR count). The summed E-state index contributed by atoms with van der Waals surface area (Å²) in [7, 11) is 3.21. The highest BCUT2D eigenvalue weighted by Gasteiger charge is 2.05. The molecule has 18 heavy (non-hydrogen) atoms. The lowest BCUT2D eigenvalue weighted by Gasteiger charge is -2.15. The van der Waals surface area contributed by atoms with E-state index in [-0.39, 0.29) is 6.29 Å². The molecule has 0 aliphatic carbocycles. The SMILES string of the molecule is COC(CNc1cccc(-n2cnnn2)c1)OC. The molecule has 1 aromatic heterocycles. The number of tetrazole rings is 1. The van der Waals surface area contributed by atoms with E-state index in [1.165, 1.54) is 0 Å². The lowest BCUT2D eigenvalue weighted by Crippen LogP contribution is -2.23. The van der Waals surface area contributed by atoms with Crippen LogP contribution in [0.25, 0.3) is 5.69 Å². The number of nitrogens with zero attached hydrogens (tertiary/aromatic N) is 4. The Balaban J connectivity index is 2.04. The summed E-state index contributed by atoms with van der Waals surface area (Å²) < 4.78 is 11.8. The normalized spacial score (nSPS) is 10.8. The van der Waals surface area contributed by atoms with Crippen LogP contribution in [0.2, 0.25) is 0 Å². The molecule has 0 aliphatic heterocycles. The molecule has 1 aromatic carbocycles. The number of benzene rings is 1. The van der Waals surface area contributed by atoms with Crippen LogP contribution < -0.4 is 5.32 Å². The molecule has 0 fully saturated rings. The Morgan fingerprint density at radius 2 is 2.17 bits per heavy atom. The Kier molecular flexibility index (Phi) is 4.21. The molecule has 1 N–H and O–H groups in total. The van der Waals surface area contributed by atoms with Gasteiger partial charge in [-0.25, -0.2) is 4.68 Å². The predicted octanol–water partition coefficient (Wildman–Crippen LogP) is 0.693. The second kappa shape index (κ2) is 6.08. The number of hydrogen-bond donors (Lipinski definition) is 1. The zero-order chi connectivity index (χ0) is 12.8. The van der Waals surface area contributed by atoms with Crippen molar-refractivity contribution < 1.29 is 9.47 Å². The van der Waals surface area contributed by atoms with Crippen molar-refractivity contribution in [2.75, 3.05) is 26.1 Å². The maximum Gasteiger partial charge on any atom is 0.173 e. The molecule has 7 heteroatoms. The first kappa shape index (κ1) is 12.5. The lowest BCUT2D eigenvalue weighted by molar-refractivity contribution is -0.0914. The standard InChI is InChI=1S/C11H15N5O2/c1-17-11(18-2)7-12-9-4-3-5-10(6-9)16-8-13-14-15-16/h3-6,8,11-12H,7H2,1-2H3. The minimum atomic E-state index is -0.276. The summed E-state index contributed by atoms with van der Waals surface area (Å²) in [5.41, 5.74) is 1.83. The highest BCUT2D eigenvalue weighted by atomic mass is 16.7. The largest absolute Gasteiger partial charge is 0.380 e. The fourth-order valence-electron chi connectivity index (χ4n) is 1.50. The molecular weight excluding hydrogens is 234 g/mol. The third kappa shape index (κ3) is 3.02. The number of rotatable bonds is 6.